The molecular formula is C74H120N16. The molecule has 0 spiro atoms. The fourth-order valence-corrected chi connectivity index (χ4v) is 22.5. The fraction of sp³-hybridized carbons (Fsp3) is 0.811. The lowest BCUT2D eigenvalue weighted by Gasteiger charge is -2.63. The summed E-state index contributed by atoms with van der Waals surface area (Å²) in [6, 6.07) is 2.42. The summed E-state index contributed by atoms with van der Waals surface area (Å²) in [6.45, 7) is 49.9. The van der Waals surface area contributed by atoms with Crippen molar-refractivity contribution in [3.8, 4) is 0 Å². The molecule has 0 N–H and O–H groups in total. The standard InChI is InChI=1S/C74H120N16/c1-9-75-51-33-53(77-35-17-18-36-77)55-62(79-39-21-22-40-79)57-64(81-43-25-26-44-81)59-66(83-47-29-30-48-83)61-67(84-49-31-32-50-84)60-65(82-45-27-28-46-82)58-63(80-41-23-24-42-80)56-54(78-37-19-20-38-78)34-52-76(10-2)69(56)86(12-4)71(58)88(14-6)73(60)90(16-8)74(61)89(15-7)72(59)87(13-5)70(57)85(11-3)68(55)75/h53-54,62-67H,9-52H2,1-8H3. The molecule has 16 nitrogen and oxygen atoms in total. The lowest BCUT2D eigenvalue weighted by Crippen LogP contribution is -2.68. The topological polar surface area (TPSA) is 51.8 Å². The highest BCUT2D eigenvalue weighted by Crippen LogP contribution is 2.60. The van der Waals surface area contributed by atoms with Crippen molar-refractivity contribution in [1.82, 2.24) is 78.4 Å². The maximum atomic E-state index is 3.16. The summed E-state index contributed by atoms with van der Waals surface area (Å²) in [5.41, 5.74) is 12.5. The molecule has 0 aromatic heterocycles. The van der Waals surface area contributed by atoms with Gasteiger partial charge in [0.25, 0.3) is 0 Å². The first-order valence-electron chi connectivity index (χ1n) is 38.7. The molecule has 16 aliphatic rings. The van der Waals surface area contributed by atoms with Crippen LogP contribution in [-0.4, -0.2) is 297 Å². The lowest BCUT2D eigenvalue weighted by molar-refractivity contribution is 0.0645. The van der Waals surface area contributed by atoms with Crippen LogP contribution >= 0.6 is 0 Å². The van der Waals surface area contributed by atoms with E-state index >= 15 is 0 Å². The van der Waals surface area contributed by atoms with Crippen molar-refractivity contribution < 1.29 is 0 Å². The van der Waals surface area contributed by atoms with Gasteiger partial charge < -0.3 is 39.2 Å². The highest BCUT2D eigenvalue weighted by molar-refractivity contribution is 5.63. The van der Waals surface area contributed by atoms with Crippen LogP contribution in [0, 0.1) is 0 Å². The molecule has 0 amide bonds. The molecule has 8 fully saturated rings. The Morgan fingerprint density at radius 3 is 0.567 bits per heavy atom. The predicted octanol–water partition coefficient (Wildman–Crippen LogP) is 8.65. The Balaban J connectivity index is 0.949. The van der Waals surface area contributed by atoms with Gasteiger partial charge in [0.05, 0.1) is 36.3 Å². The molecule has 0 bridgehead atoms. The Kier molecular flexibility index (Phi) is 17.3. The van der Waals surface area contributed by atoms with Crippen LogP contribution in [0.1, 0.15) is 171 Å². The maximum absolute atomic E-state index is 3.16. The number of nitrogens with zero attached hydrogens (tertiary/aromatic N) is 16. The fourth-order valence-electron chi connectivity index (χ4n) is 22.5. The van der Waals surface area contributed by atoms with E-state index in [4.69, 9.17) is 0 Å². The molecule has 8 saturated heterocycles. The highest BCUT2D eigenvalue weighted by atomic mass is 15.6. The normalized spacial score (nSPS) is 34.1. The van der Waals surface area contributed by atoms with E-state index in [9.17, 15) is 0 Å². The van der Waals surface area contributed by atoms with Crippen molar-refractivity contribution in [1.29, 1.82) is 0 Å². The number of likely N-dealkylation sites (tertiary alicyclic amines) is 8. The first-order valence-corrected chi connectivity index (χ1v) is 38.7. The van der Waals surface area contributed by atoms with E-state index in [1.54, 1.807) is 79.8 Å². The molecule has 0 saturated carbocycles. The average Bonchev–Trinajstić information content (AvgIpc) is 0.931. The van der Waals surface area contributed by atoms with Crippen LogP contribution in [0.5, 0.6) is 0 Å². The SMILES string of the molecule is CCN1CCC(N2CCCC2)C2=C1N(CC)C1=C(C2N2CCCC2)C(N2CCCC2)C2=C(N1CC)N(CC)C1=C(C2N2CCCC2)C(N2CCCC2)C2=C(N(CC)C3=C(C(N4CCCC4)C4=C(N(CC)CCC4N4CCCC4)N3CC)C2N2CCCC2)N1CC. The number of hydrogen-bond donors (Lipinski definition) is 0. The van der Waals surface area contributed by atoms with E-state index in [1.807, 2.05) is 0 Å². The Hall–Kier alpha value is -3.74. The summed E-state index contributed by atoms with van der Waals surface area (Å²) in [5, 5.41) is 0. The summed E-state index contributed by atoms with van der Waals surface area (Å²) in [4.78, 5) is 48.6. The molecule has 16 rings (SSSR count). The second-order valence-corrected chi connectivity index (χ2v) is 30.0. The lowest BCUT2D eigenvalue weighted by atomic mass is 9.70. The Morgan fingerprint density at radius 2 is 0.378 bits per heavy atom. The zero-order valence-electron chi connectivity index (χ0n) is 57.9. The van der Waals surface area contributed by atoms with Gasteiger partial charge in [0, 0.05) is 117 Å². The first kappa shape index (κ1) is 61.2. The summed E-state index contributed by atoms with van der Waals surface area (Å²) < 4.78 is 0. The zero-order valence-corrected chi connectivity index (χ0v) is 57.9. The van der Waals surface area contributed by atoms with Crippen LogP contribution in [0.2, 0.25) is 0 Å². The number of rotatable bonds is 16. The van der Waals surface area contributed by atoms with Gasteiger partial charge in [-0.2, -0.15) is 0 Å². The quantitative estimate of drug-likeness (QED) is 0.148. The molecule has 16 aliphatic heterocycles. The third-order valence-corrected chi connectivity index (χ3v) is 25.9. The minimum absolute atomic E-state index is 0.197. The van der Waals surface area contributed by atoms with Crippen molar-refractivity contribution in [3.05, 3.63) is 79.8 Å². The van der Waals surface area contributed by atoms with Gasteiger partial charge in [0.15, 0.2) is 0 Å². The molecule has 0 aromatic rings. The van der Waals surface area contributed by atoms with Crippen molar-refractivity contribution in [2.24, 2.45) is 0 Å². The Morgan fingerprint density at radius 1 is 0.200 bits per heavy atom. The van der Waals surface area contributed by atoms with Gasteiger partial charge in [-0.25, -0.2) is 0 Å². The molecule has 16 heterocycles. The van der Waals surface area contributed by atoms with Gasteiger partial charge in [-0.15, -0.1) is 0 Å². The van der Waals surface area contributed by atoms with E-state index in [-0.39, 0.29) is 24.2 Å². The third kappa shape index (κ3) is 9.33. The van der Waals surface area contributed by atoms with Gasteiger partial charge in [0.2, 0.25) is 0 Å². The van der Waals surface area contributed by atoms with Gasteiger partial charge in [0.1, 0.15) is 40.7 Å². The van der Waals surface area contributed by atoms with Crippen molar-refractivity contribution in [2.45, 2.75) is 219 Å². The van der Waals surface area contributed by atoms with Gasteiger partial charge in [-0.3, -0.25) is 39.2 Å². The van der Waals surface area contributed by atoms with E-state index < -0.39 is 0 Å². The van der Waals surface area contributed by atoms with Crippen LogP contribution in [0.3, 0.4) is 0 Å². The minimum atomic E-state index is 0.197. The molecule has 496 valence electrons. The van der Waals surface area contributed by atoms with Crippen LogP contribution in [0.4, 0.5) is 0 Å². The summed E-state index contributed by atoms with van der Waals surface area (Å²) in [6.07, 6.45) is 23.5. The second kappa shape index (κ2) is 25.4. The largest absolute Gasteiger partial charge is 0.358 e. The second-order valence-electron chi connectivity index (χ2n) is 30.0. The zero-order chi connectivity index (χ0) is 61.1. The average molecular weight is 1230 g/mol. The molecule has 0 aromatic carbocycles. The maximum Gasteiger partial charge on any atom is 0.118 e. The monoisotopic (exact) mass is 1230 g/mol. The van der Waals surface area contributed by atoms with Gasteiger partial charge >= 0.3 is 0 Å². The predicted molar refractivity (Wildman–Crippen MR) is 364 cm³/mol. The first-order chi connectivity index (χ1) is 44.4. The molecular weight excluding hydrogens is 1110 g/mol. The van der Waals surface area contributed by atoms with Crippen LogP contribution < -0.4 is 0 Å². The minimum Gasteiger partial charge on any atom is -0.358 e. The van der Waals surface area contributed by atoms with Crippen molar-refractivity contribution >= 4 is 0 Å². The molecule has 0 radical (unpaired) electrons. The van der Waals surface area contributed by atoms with E-state index in [1.165, 1.54) is 220 Å². The van der Waals surface area contributed by atoms with Gasteiger partial charge in [-0.05, 0) is 276 Å². The third-order valence-electron chi connectivity index (χ3n) is 25.9. The van der Waals surface area contributed by atoms with E-state index in [2.05, 4.69) is 134 Å². The molecule has 0 aliphatic carbocycles. The van der Waals surface area contributed by atoms with Crippen LogP contribution in [0.25, 0.3) is 0 Å². The van der Waals surface area contributed by atoms with Crippen molar-refractivity contribution in [2.75, 3.05) is 170 Å². The van der Waals surface area contributed by atoms with Crippen LogP contribution in [0.15, 0.2) is 79.8 Å². The summed E-state index contributed by atoms with van der Waals surface area (Å²) in [7, 11) is 0. The van der Waals surface area contributed by atoms with E-state index in [0.29, 0.717) is 24.2 Å². The van der Waals surface area contributed by atoms with Gasteiger partial charge in [-0.1, -0.05) is 0 Å². The Labute approximate surface area is 545 Å². The Bertz CT molecular complexity index is 2700. The number of hydrogen-bond acceptors (Lipinski definition) is 16. The highest BCUT2D eigenvalue weighted by Gasteiger charge is 2.63. The molecule has 8 unspecified atom stereocenters. The smallest absolute Gasteiger partial charge is 0.118 e. The summed E-state index contributed by atoms with van der Waals surface area (Å²) in [5.74, 6) is 11.0. The van der Waals surface area contributed by atoms with Crippen molar-refractivity contribution in [3.63, 3.8) is 0 Å². The molecule has 90 heavy (non-hydrogen) atoms. The molecule has 16 heteroatoms. The summed E-state index contributed by atoms with van der Waals surface area (Å²) >= 11 is 0. The van der Waals surface area contributed by atoms with E-state index in [0.717, 1.165) is 65.4 Å². The van der Waals surface area contributed by atoms with Crippen LogP contribution in [-0.2, 0) is 0 Å². The molecule has 8 atom stereocenters.